The van der Waals surface area contributed by atoms with E-state index in [2.05, 4.69) is 26.9 Å². The van der Waals surface area contributed by atoms with Crippen LogP contribution in [-0.2, 0) is 6.54 Å². The van der Waals surface area contributed by atoms with Crippen molar-refractivity contribution in [1.82, 2.24) is 5.32 Å². The Morgan fingerprint density at radius 1 is 1.35 bits per heavy atom. The molecule has 0 aliphatic carbocycles. The third-order valence-electron chi connectivity index (χ3n) is 2.12. The zero-order valence-electron chi connectivity index (χ0n) is 10.8. The number of nitrogens with one attached hydrogen (secondary N) is 1. The number of benzene rings is 1. The number of halogens is 3. The smallest absolute Gasteiger partial charge is 0.406 e. The summed E-state index contributed by atoms with van der Waals surface area (Å²) < 4.78 is 39.7. The van der Waals surface area contributed by atoms with Gasteiger partial charge in [-0.1, -0.05) is 18.1 Å². The third-order valence-corrected chi connectivity index (χ3v) is 2.12. The second kappa shape index (κ2) is 7.28. The summed E-state index contributed by atoms with van der Waals surface area (Å²) in [5, 5.41) is 2.78. The molecule has 0 amide bonds. The average molecular weight is 285 g/mol. The Bertz CT molecular complexity index is 512. The Morgan fingerprint density at radius 3 is 2.55 bits per heavy atom. The molecule has 0 unspecified atom stereocenters. The van der Waals surface area contributed by atoms with Crippen molar-refractivity contribution in [2.45, 2.75) is 19.8 Å². The summed E-state index contributed by atoms with van der Waals surface area (Å²) in [6.07, 6.45) is -4.69. The molecule has 0 fully saturated rings. The summed E-state index contributed by atoms with van der Waals surface area (Å²) in [7, 11) is 0. The van der Waals surface area contributed by atoms with Crippen molar-refractivity contribution in [1.29, 1.82) is 0 Å². The molecule has 0 heterocycles. The van der Waals surface area contributed by atoms with E-state index in [1.165, 1.54) is 24.3 Å². The highest BCUT2D eigenvalue weighted by molar-refractivity contribution is 5.78. The van der Waals surface area contributed by atoms with E-state index in [0.717, 1.165) is 0 Å². The van der Waals surface area contributed by atoms with Crippen molar-refractivity contribution in [2.24, 2.45) is 10.7 Å². The second-order valence-electron chi connectivity index (χ2n) is 3.67. The van der Waals surface area contributed by atoms with Gasteiger partial charge in [0.05, 0.1) is 13.1 Å². The second-order valence-corrected chi connectivity index (χ2v) is 3.67. The van der Waals surface area contributed by atoms with Crippen LogP contribution in [0.2, 0.25) is 0 Å². The molecule has 7 heteroatoms. The summed E-state index contributed by atoms with van der Waals surface area (Å²) in [5.74, 6) is 5.41. The summed E-state index contributed by atoms with van der Waals surface area (Å²) in [6, 6.07) is 5.43. The number of guanidine groups is 1. The topological polar surface area (TPSA) is 59.6 Å². The Hall–Kier alpha value is -2.36. The van der Waals surface area contributed by atoms with Gasteiger partial charge in [0.1, 0.15) is 5.75 Å². The van der Waals surface area contributed by atoms with Crippen LogP contribution in [-0.4, -0.2) is 18.9 Å². The predicted octanol–water partition coefficient (Wildman–Crippen LogP) is 2.01. The molecule has 0 aromatic heterocycles. The van der Waals surface area contributed by atoms with Gasteiger partial charge in [-0.15, -0.1) is 19.1 Å². The number of nitrogens with two attached hydrogens (primary N) is 1. The molecule has 0 aliphatic rings. The molecule has 1 aromatic rings. The SMILES string of the molecule is CC#CCNC(N)=NCc1ccc(OC(F)(F)F)cc1. The fraction of sp³-hybridized carbons (Fsp3) is 0.308. The van der Waals surface area contributed by atoms with Crippen molar-refractivity contribution in [3.63, 3.8) is 0 Å². The molecule has 0 saturated heterocycles. The molecule has 0 radical (unpaired) electrons. The number of nitrogens with zero attached hydrogens (tertiary/aromatic N) is 1. The molecular formula is C13H14F3N3O. The fourth-order valence-electron chi connectivity index (χ4n) is 1.25. The number of alkyl halides is 3. The van der Waals surface area contributed by atoms with Crippen molar-refractivity contribution in [3.8, 4) is 17.6 Å². The molecule has 3 N–H and O–H groups in total. The van der Waals surface area contributed by atoms with E-state index in [1.807, 2.05) is 0 Å². The van der Waals surface area contributed by atoms with Crippen molar-refractivity contribution < 1.29 is 17.9 Å². The van der Waals surface area contributed by atoms with Crippen LogP contribution in [0.1, 0.15) is 12.5 Å². The van der Waals surface area contributed by atoms with E-state index in [1.54, 1.807) is 6.92 Å². The molecule has 1 aromatic carbocycles. The van der Waals surface area contributed by atoms with Crippen LogP contribution in [0.3, 0.4) is 0 Å². The maximum Gasteiger partial charge on any atom is 0.573 e. The first kappa shape index (κ1) is 15.7. The van der Waals surface area contributed by atoms with Crippen LogP contribution in [0, 0.1) is 11.8 Å². The van der Waals surface area contributed by atoms with Gasteiger partial charge in [0.25, 0.3) is 0 Å². The van der Waals surface area contributed by atoms with Gasteiger partial charge in [-0.2, -0.15) is 0 Å². The van der Waals surface area contributed by atoms with Gasteiger partial charge >= 0.3 is 6.36 Å². The van der Waals surface area contributed by atoms with Gasteiger partial charge in [0.2, 0.25) is 0 Å². The van der Waals surface area contributed by atoms with E-state index in [0.29, 0.717) is 12.1 Å². The largest absolute Gasteiger partial charge is 0.573 e. The lowest BCUT2D eigenvalue weighted by atomic mass is 10.2. The number of hydrogen-bond acceptors (Lipinski definition) is 2. The van der Waals surface area contributed by atoms with Gasteiger partial charge in [0, 0.05) is 0 Å². The zero-order valence-corrected chi connectivity index (χ0v) is 10.8. The van der Waals surface area contributed by atoms with Crippen LogP contribution in [0.4, 0.5) is 13.2 Å². The molecule has 20 heavy (non-hydrogen) atoms. The Kier molecular flexibility index (Phi) is 5.72. The molecule has 0 atom stereocenters. The maximum atomic E-state index is 12.0. The Labute approximate surface area is 114 Å². The van der Waals surface area contributed by atoms with Crippen LogP contribution in [0.25, 0.3) is 0 Å². The van der Waals surface area contributed by atoms with E-state index in [9.17, 15) is 13.2 Å². The molecule has 4 nitrogen and oxygen atoms in total. The Morgan fingerprint density at radius 2 is 2.00 bits per heavy atom. The summed E-state index contributed by atoms with van der Waals surface area (Å²) in [6.45, 7) is 2.36. The van der Waals surface area contributed by atoms with Gasteiger partial charge in [-0.25, -0.2) is 4.99 Å². The van der Waals surface area contributed by atoms with Crippen molar-refractivity contribution in [2.75, 3.05) is 6.54 Å². The Balaban J connectivity index is 2.52. The zero-order chi connectivity index (χ0) is 15.0. The van der Waals surface area contributed by atoms with E-state index in [-0.39, 0.29) is 18.3 Å². The molecule has 0 aliphatic heterocycles. The van der Waals surface area contributed by atoms with Gasteiger partial charge in [-0.05, 0) is 24.6 Å². The molecule has 1 rings (SSSR count). The highest BCUT2D eigenvalue weighted by Crippen LogP contribution is 2.22. The summed E-state index contributed by atoms with van der Waals surface area (Å²) in [5.41, 5.74) is 6.29. The minimum Gasteiger partial charge on any atom is -0.406 e. The minimum atomic E-state index is -4.69. The van der Waals surface area contributed by atoms with Crippen molar-refractivity contribution in [3.05, 3.63) is 29.8 Å². The normalized spacial score (nSPS) is 11.5. The van der Waals surface area contributed by atoms with Crippen molar-refractivity contribution >= 4 is 5.96 Å². The van der Waals surface area contributed by atoms with Crippen LogP contribution < -0.4 is 15.8 Å². The minimum absolute atomic E-state index is 0.225. The first-order valence-electron chi connectivity index (χ1n) is 5.69. The standard InChI is InChI=1S/C13H14F3N3O/c1-2-3-8-18-12(17)19-9-10-4-6-11(7-5-10)20-13(14,15)16/h4-7H,8-9H2,1H3,(H3,17,18,19). The first-order valence-corrected chi connectivity index (χ1v) is 5.69. The number of aliphatic imine (C=N–C) groups is 1. The molecule has 0 bridgehead atoms. The third kappa shape index (κ3) is 6.54. The predicted molar refractivity (Wildman–Crippen MR) is 69.9 cm³/mol. The van der Waals surface area contributed by atoms with Crippen LogP contribution in [0.5, 0.6) is 5.75 Å². The molecule has 0 spiro atoms. The monoisotopic (exact) mass is 285 g/mol. The molecular weight excluding hydrogens is 271 g/mol. The fourth-order valence-corrected chi connectivity index (χ4v) is 1.25. The molecule has 0 saturated carbocycles. The number of rotatable bonds is 4. The number of hydrogen-bond donors (Lipinski definition) is 2. The van der Waals surface area contributed by atoms with Crippen LogP contribution in [0.15, 0.2) is 29.3 Å². The first-order chi connectivity index (χ1) is 9.40. The number of ether oxygens (including phenoxy) is 1. The lowest BCUT2D eigenvalue weighted by Crippen LogP contribution is -2.31. The lowest BCUT2D eigenvalue weighted by Gasteiger charge is -2.08. The van der Waals surface area contributed by atoms with Crippen LogP contribution >= 0.6 is 0 Å². The average Bonchev–Trinajstić information content (AvgIpc) is 2.36. The van der Waals surface area contributed by atoms with Gasteiger partial charge in [0.15, 0.2) is 5.96 Å². The summed E-state index contributed by atoms with van der Waals surface area (Å²) in [4.78, 5) is 4.02. The lowest BCUT2D eigenvalue weighted by molar-refractivity contribution is -0.274. The molecule has 108 valence electrons. The van der Waals surface area contributed by atoms with Gasteiger partial charge < -0.3 is 15.8 Å². The quantitative estimate of drug-likeness (QED) is 0.505. The van der Waals surface area contributed by atoms with Gasteiger partial charge in [-0.3, -0.25) is 0 Å². The van der Waals surface area contributed by atoms with E-state index < -0.39 is 6.36 Å². The highest BCUT2D eigenvalue weighted by atomic mass is 19.4. The van der Waals surface area contributed by atoms with E-state index >= 15 is 0 Å². The maximum absolute atomic E-state index is 12.0. The highest BCUT2D eigenvalue weighted by Gasteiger charge is 2.30. The van der Waals surface area contributed by atoms with E-state index in [4.69, 9.17) is 5.73 Å². The summed E-state index contributed by atoms with van der Waals surface area (Å²) >= 11 is 0.